The van der Waals surface area contributed by atoms with Crippen LogP contribution in [-0.4, -0.2) is 35.7 Å². The average Bonchev–Trinajstić information content (AvgIpc) is 2.38. The highest BCUT2D eigenvalue weighted by Crippen LogP contribution is 2.26. The smallest absolute Gasteiger partial charge is 0.218 e. The quantitative estimate of drug-likeness (QED) is 0.880. The zero-order chi connectivity index (χ0) is 13.1. The van der Waals surface area contributed by atoms with Crippen molar-refractivity contribution < 1.29 is 4.74 Å². The van der Waals surface area contributed by atoms with E-state index in [0.29, 0.717) is 11.9 Å². The van der Waals surface area contributed by atoms with E-state index in [4.69, 9.17) is 10.5 Å². The van der Waals surface area contributed by atoms with E-state index in [1.54, 1.807) is 7.11 Å². The van der Waals surface area contributed by atoms with E-state index in [9.17, 15) is 0 Å². The Bertz CT molecular complexity index is 408. The Balaban J connectivity index is 2.30. The molecular formula is C13H22N4O. The Morgan fingerprint density at radius 2 is 2.22 bits per heavy atom. The monoisotopic (exact) mass is 250 g/mol. The molecule has 0 aromatic carbocycles. The Hall–Kier alpha value is -1.36. The fraction of sp³-hybridized carbons (Fsp3) is 0.692. The van der Waals surface area contributed by atoms with Gasteiger partial charge in [-0.1, -0.05) is 0 Å². The van der Waals surface area contributed by atoms with Crippen LogP contribution in [0.15, 0.2) is 6.07 Å². The van der Waals surface area contributed by atoms with Gasteiger partial charge in [0.05, 0.1) is 7.11 Å². The number of aromatic nitrogens is 2. The van der Waals surface area contributed by atoms with Crippen LogP contribution in [0, 0.1) is 6.92 Å². The molecule has 2 unspecified atom stereocenters. The molecule has 0 spiro atoms. The van der Waals surface area contributed by atoms with Crippen LogP contribution in [0.5, 0.6) is 5.88 Å². The number of rotatable bonds is 3. The molecular weight excluding hydrogens is 228 g/mol. The lowest BCUT2D eigenvalue weighted by molar-refractivity contribution is 0.390. The molecule has 1 aromatic rings. The molecule has 0 bridgehead atoms. The molecule has 1 saturated heterocycles. The third-order valence-corrected chi connectivity index (χ3v) is 3.46. The van der Waals surface area contributed by atoms with E-state index in [0.717, 1.165) is 24.6 Å². The topological polar surface area (TPSA) is 64.3 Å². The van der Waals surface area contributed by atoms with Crippen LogP contribution >= 0.6 is 0 Å². The molecule has 1 aromatic heterocycles. The highest BCUT2D eigenvalue weighted by molar-refractivity contribution is 5.44. The van der Waals surface area contributed by atoms with Crippen molar-refractivity contribution in [3.05, 3.63) is 11.9 Å². The number of nitrogens with zero attached hydrogens (tertiary/aromatic N) is 3. The third kappa shape index (κ3) is 2.72. The molecule has 18 heavy (non-hydrogen) atoms. The van der Waals surface area contributed by atoms with Crippen molar-refractivity contribution in [3.63, 3.8) is 0 Å². The van der Waals surface area contributed by atoms with Crippen molar-refractivity contribution in [2.75, 3.05) is 18.6 Å². The molecule has 2 N–H and O–H groups in total. The number of ether oxygens (including phenoxy) is 1. The molecule has 1 aliphatic heterocycles. The first-order chi connectivity index (χ1) is 8.61. The van der Waals surface area contributed by atoms with Crippen LogP contribution in [0.4, 0.5) is 5.82 Å². The first-order valence-corrected chi connectivity index (χ1v) is 6.53. The van der Waals surface area contributed by atoms with Crippen LogP contribution in [0.1, 0.15) is 32.0 Å². The van der Waals surface area contributed by atoms with Crippen LogP contribution in [-0.2, 0) is 0 Å². The summed E-state index contributed by atoms with van der Waals surface area (Å²) in [6.45, 7) is 4.96. The average molecular weight is 250 g/mol. The summed E-state index contributed by atoms with van der Waals surface area (Å²) in [6, 6.07) is 2.40. The highest BCUT2D eigenvalue weighted by atomic mass is 16.5. The van der Waals surface area contributed by atoms with Gasteiger partial charge >= 0.3 is 0 Å². The number of hydrogen-bond acceptors (Lipinski definition) is 5. The number of anilines is 1. The van der Waals surface area contributed by atoms with E-state index >= 15 is 0 Å². The van der Waals surface area contributed by atoms with Crippen LogP contribution < -0.4 is 15.4 Å². The van der Waals surface area contributed by atoms with Crippen molar-refractivity contribution in [2.45, 2.75) is 45.2 Å². The lowest BCUT2D eigenvalue weighted by atomic mass is 9.97. The second kappa shape index (κ2) is 5.52. The largest absolute Gasteiger partial charge is 0.481 e. The summed E-state index contributed by atoms with van der Waals surface area (Å²) >= 11 is 0. The number of piperidine rings is 1. The van der Waals surface area contributed by atoms with Gasteiger partial charge in [-0.15, -0.1) is 0 Å². The first kappa shape index (κ1) is 13.1. The maximum atomic E-state index is 6.09. The molecule has 100 valence electrons. The summed E-state index contributed by atoms with van der Waals surface area (Å²) in [5.74, 6) is 2.28. The SMILES string of the molecule is COc1cc(N2CCCCC2C(C)N)nc(C)n1. The molecule has 0 radical (unpaired) electrons. The summed E-state index contributed by atoms with van der Waals surface area (Å²) < 4.78 is 5.21. The zero-order valence-corrected chi connectivity index (χ0v) is 11.4. The summed E-state index contributed by atoms with van der Waals surface area (Å²) in [5, 5.41) is 0. The summed E-state index contributed by atoms with van der Waals surface area (Å²) in [4.78, 5) is 11.0. The predicted octanol–water partition coefficient (Wildman–Crippen LogP) is 1.50. The zero-order valence-electron chi connectivity index (χ0n) is 11.4. The predicted molar refractivity (Wildman–Crippen MR) is 72.0 cm³/mol. The number of hydrogen-bond donors (Lipinski definition) is 1. The molecule has 2 rings (SSSR count). The maximum absolute atomic E-state index is 6.09. The van der Waals surface area contributed by atoms with Crippen molar-refractivity contribution in [1.29, 1.82) is 0 Å². The van der Waals surface area contributed by atoms with Gasteiger partial charge in [0.2, 0.25) is 5.88 Å². The van der Waals surface area contributed by atoms with Gasteiger partial charge in [0.15, 0.2) is 0 Å². The third-order valence-electron chi connectivity index (χ3n) is 3.46. The van der Waals surface area contributed by atoms with E-state index in [1.807, 2.05) is 13.0 Å². The van der Waals surface area contributed by atoms with Gasteiger partial charge in [0.25, 0.3) is 0 Å². The molecule has 1 aliphatic rings. The Morgan fingerprint density at radius 3 is 2.89 bits per heavy atom. The minimum Gasteiger partial charge on any atom is -0.481 e. The van der Waals surface area contributed by atoms with Gasteiger partial charge in [-0.05, 0) is 33.1 Å². The maximum Gasteiger partial charge on any atom is 0.218 e. The van der Waals surface area contributed by atoms with Crippen LogP contribution in [0.2, 0.25) is 0 Å². The molecule has 2 atom stereocenters. The number of nitrogens with two attached hydrogens (primary N) is 1. The fourth-order valence-electron chi connectivity index (χ4n) is 2.57. The van der Waals surface area contributed by atoms with Crippen molar-refractivity contribution in [2.24, 2.45) is 5.73 Å². The lowest BCUT2D eigenvalue weighted by Crippen LogP contribution is -2.49. The second-order valence-electron chi connectivity index (χ2n) is 4.93. The van der Waals surface area contributed by atoms with Crippen molar-refractivity contribution in [1.82, 2.24) is 9.97 Å². The van der Waals surface area contributed by atoms with Crippen molar-refractivity contribution >= 4 is 5.82 Å². The normalized spacial score (nSPS) is 21.8. The van der Waals surface area contributed by atoms with Crippen LogP contribution in [0.3, 0.4) is 0 Å². The van der Waals surface area contributed by atoms with Crippen molar-refractivity contribution in [3.8, 4) is 5.88 Å². The standard InChI is InChI=1S/C13H22N4O/c1-9(14)11-6-4-5-7-17(11)12-8-13(18-3)16-10(2)15-12/h8-9,11H,4-7,14H2,1-3H3. The Kier molecular flexibility index (Phi) is 4.01. The number of methoxy groups -OCH3 is 1. The van der Waals surface area contributed by atoms with E-state index in [1.165, 1.54) is 12.8 Å². The minimum atomic E-state index is 0.145. The first-order valence-electron chi connectivity index (χ1n) is 6.53. The van der Waals surface area contributed by atoms with Gasteiger partial charge in [0, 0.05) is 24.7 Å². The Morgan fingerprint density at radius 1 is 1.44 bits per heavy atom. The molecule has 2 heterocycles. The Labute approximate surface area is 108 Å². The van der Waals surface area contributed by atoms with Crippen LogP contribution in [0.25, 0.3) is 0 Å². The van der Waals surface area contributed by atoms with Gasteiger partial charge in [0.1, 0.15) is 11.6 Å². The molecule has 1 fully saturated rings. The van der Waals surface area contributed by atoms with Gasteiger partial charge in [-0.2, -0.15) is 4.98 Å². The van der Waals surface area contributed by atoms with Gasteiger partial charge in [-0.25, -0.2) is 4.98 Å². The molecule has 5 nitrogen and oxygen atoms in total. The molecule has 0 aliphatic carbocycles. The number of aryl methyl sites for hydroxylation is 1. The molecule has 0 amide bonds. The van der Waals surface area contributed by atoms with E-state index in [-0.39, 0.29) is 6.04 Å². The highest BCUT2D eigenvalue weighted by Gasteiger charge is 2.27. The minimum absolute atomic E-state index is 0.145. The molecule has 5 heteroatoms. The van der Waals surface area contributed by atoms with Gasteiger partial charge in [-0.3, -0.25) is 0 Å². The summed E-state index contributed by atoms with van der Waals surface area (Å²) in [6.07, 6.45) is 3.56. The second-order valence-corrected chi connectivity index (χ2v) is 4.93. The van der Waals surface area contributed by atoms with E-state index < -0.39 is 0 Å². The fourth-order valence-corrected chi connectivity index (χ4v) is 2.57. The summed E-state index contributed by atoms with van der Waals surface area (Å²) in [5.41, 5.74) is 6.09. The van der Waals surface area contributed by atoms with E-state index in [2.05, 4.69) is 21.8 Å². The summed E-state index contributed by atoms with van der Waals surface area (Å²) in [7, 11) is 1.63. The molecule has 0 saturated carbocycles. The lowest BCUT2D eigenvalue weighted by Gasteiger charge is -2.39. The van der Waals surface area contributed by atoms with Gasteiger partial charge < -0.3 is 15.4 Å².